The molecule has 0 heterocycles. The van der Waals surface area contributed by atoms with Crippen LogP contribution in [0.25, 0.3) is 0 Å². The summed E-state index contributed by atoms with van der Waals surface area (Å²) in [7, 11) is 0. The Kier molecular flexibility index (Phi) is 2.79. The van der Waals surface area contributed by atoms with Crippen LogP contribution in [0.2, 0.25) is 0 Å². The number of rotatable bonds is 1. The molecular formula is C11H23N3. The van der Waals surface area contributed by atoms with E-state index in [0.717, 1.165) is 6.42 Å². The number of nitrogens with two attached hydrogens (primary N) is 2. The Bertz CT molecular complexity index is 241. The second kappa shape index (κ2) is 3.44. The summed E-state index contributed by atoms with van der Waals surface area (Å²) in [4.78, 5) is 4.44. The molecule has 3 heteroatoms. The third kappa shape index (κ3) is 1.72. The first-order valence-corrected chi connectivity index (χ1v) is 5.40. The lowest BCUT2D eigenvalue weighted by atomic mass is 9.59. The van der Waals surface area contributed by atoms with Crippen LogP contribution in [-0.4, -0.2) is 11.5 Å². The van der Waals surface area contributed by atoms with E-state index in [9.17, 15) is 0 Å². The Morgan fingerprint density at radius 1 is 1.29 bits per heavy atom. The Morgan fingerprint density at radius 2 is 1.86 bits per heavy atom. The molecule has 0 aliphatic heterocycles. The van der Waals surface area contributed by atoms with Gasteiger partial charge in [-0.05, 0) is 24.7 Å². The number of guanidine groups is 1. The normalized spacial score (nSPS) is 36.4. The van der Waals surface area contributed by atoms with Crippen LogP contribution in [0.15, 0.2) is 4.99 Å². The first kappa shape index (κ1) is 11.3. The van der Waals surface area contributed by atoms with E-state index in [1.54, 1.807) is 0 Å². The highest BCUT2D eigenvalue weighted by Gasteiger charge is 2.46. The molecule has 1 saturated carbocycles. The van der Waals surface area contributed by atoms with Crippen LogP contribution in [0.1, 0.15) is 47.0 Å². The fourth-order valence-electron chi connectivity index (χ4n) is 2.45. The standard InChI is InChI=1S/C11H23N3/c1-8-6-5-7-11(4,10(8,2)3)14-9(12)13/h8H,5-7H2,1-4H3,(H4,12,13,14). The summed E-state index contributed by atoms with van der Waals surface area (Å²) < 4.78 is 0. The minimum absolute atomic E-state index is 0.0937. The van der Waals surface area contributed by atoms with E-state index in [2.05, 4.69) is 32.7 Å². The smallest absolute Gasteiger partial charge is 0.186 e. The number of nitrogens with zero attached hydrogens (tertiary/aromatic N) is 1. The summed E-state index contributed by atoms with van der Waals surface area (Å²) >= 11 is 0. The molecule has 2 atom stereocenters. The van der Waals surface area contributed by atoms with E-state index >= 15 is 0 Å². The molecule has 0 aromatic rings. The zero-order valence-corrected chi connectivity index (χ0v) is 9.80. The Hall–Kier alpha value is -0.730. The molecule has 0 aromatic heterocycles. The van der Waals surface area contributed by atoms with Crippen LogP contribution in [0.5, 0.6) is 0 Å². The molecule has 0 amide bonds. The van der Waals surface area contributed by atoms with Gasteiger partial charge in [0, 0.05) is 0 Å². The van der Waals surface area contributed by atoms with Gasteiger partial charge < -0.3 is 11.5 Å². The van der Waals surface area contributed by atoms with Gasteiger partial charge in [-0.25, -0.2) is 4.99 Å². The van der Waals surface area contributed by atoms with Gasteiger partial charge >= 0.3 is 0 Å². The van der Waals surface area contributed by atoms with E-state index in [4.69, 9.17) is 11.5 Å². The van der Waals surface area contributed by atoms with Crippen LogP contribution >= 0.6 is 0 Å². The van der Waals surface area contributed by atoms with Crippen molar-refractivity contribution in [3.8, 4) is 0 Å². The predicted molar refractivity (Wildman–Crippen MR) is 61.0 cm³/mol. The second-order valence-electron chi connectivity index (χ2n) is 5.33. The van der Waals surface area contributed by atoms with Crippen molar-refractivity contribution in [3.63, 3.8) is 0 Å². The van der Waals surface area contributed by atoms with Crippen molar-refractivity contribution in [2.75, 3.05) is 0 Å². The molecule has 0 saturated heterocycles. The molecule has 14 heavy (non-hydrogen) atoms. The quantitative estimate of drug-likeness (QED) is 0.498. The molecule has 1 rings (SSSR count). The van der Waals surface area contributed by atoms with Gasteiger partial charge in [0.25, 0.3) is 0 Å². The van der Waals surface area contributed by atoms with Crippen LogP contribution in [0.4, 0.5) is 0 Å². The van der Waals surface area contributed by atoms with Crippen LogP contribution in [0.3, 0.4) is 0 Å². The van der Waals surface area contributed by atoms with E-state index in [1.165, 1.54) is 12.8 Å². The molecule has 0 bridgehead atoms. The molecular weight excluding hydrogens is 174 g/mol. The summed E-state index contributed by atoms with van der Waals surface area (Å²) in [6.07, 6.45) is 3.59. The van der Waals surface area contributed by atoms with Crippen molar-refractivity contribution in [1.82, 2.24) is 0 Å². The first-order chi connectivity index (χ1) is 6.29. The fourth-order valence-corrected chi connectivity index (χ4v) is 2.45. The van der Waals surface area contributed by atoms with Gasteiger partial charge in [0.1, 0.15) is 0 Å². The lowest BCUT2D eigenvalue weighted by Gasteiger charge is -2.49. The van der Waals surface area contributed by atoms with E-state index in [1.807, 2.05) is 0 Å². The van der Waals surface area contributed by atoms with Gasteiger partial charge in [0.15, 0.2) is 5.96 Å². The predicted octanol–water partition coefficient (Wildman–Crippen LogP) is 1.86. The third-order valence-electron chi connectivity index (χ3n) is 4.30. The average molecular weight is 197 g/mol. The first-order valence-electron chi connectivity index (χ1n) is 5.40. The van der Waals surface area contributed by atoms with Crippen molar-refractivity contribution < 1.29 is 0 Å². The molecule has 82 valence electrons. The van der Waals surface area contributed by atoms with Gasteiger partial charge in [-0.3, -0.25) is 0 Å². The molecule has 1 aliphatic carbocycles. The molecule has 2 unspecified atom stereocenters. The Morgan fingerprint density at radius 3 is 2.36 bits per heavy atom. The van der Waals surface area contributed by atoms with Crippen molar-refractivity contribution in [1.29, 1.82) is 0 Å². The summed E-state index contributed by atoms with van der Waals surface area (Å²) in [6, 6.07) is 0. The highest BCUT2D eigenvalue weighted by Crippen LogP contribution is 2.49. The minimum atomic E-state index is -0.0937. The van der Waals surface area contributed by atoms with Crippen LogP contribution in [-0.2, 0) is 0 Å². The molecule has 0 radical (unpaired) electrons. The van der Waals surface area contributed by atoms with Crippen molar-refractivity contribution in [3.05, 3.63) is 0 Å². The third-order valence-corrected chi connectivity index (χ3v) is 4.30. The summed E-state index contributed by atoms with van der Waals surface area (Å²) in [5.41, 5.74) is 11.1. The van der Waals surface area contributed by atoms with Gasteiger partial charge in [0.2, 0.25) is 0 Å². The number of hydrogen-bond acceptors (Lipinski definition) is 1. The highest BCUT2D eigenvalue weighted by molar-refractivity contribution is 5.76. The number of hydrogen-bond donors (Lipinski definition) is 2. The molecule has 0 spiro atoms. The van der Waals surface area contributed by atoms with Gasteiger partial charge in [0.05, 0.1) is 5.54 Å². The summed E-state index contributed by atoms with van der Waals surface area (Å²) in [5.74, 6) is 0.888. The molecule has 4 N–H and O–H groups in total. The second-order valence-corrected chi connectivity index (χ2v) is 5.33. The Balaban J connectivity index is 3.01. The average Bonchev–Trinajstić information content (AvgIpc) is 1.99. The SMILES string of the molecule is CC1CCCC(C)(N=C(N)N)C1(C)C. The van der Waals surface area contributed by atoms with Crippen molar-refractivity contribution in [2.24, 2.45) is 27.8 Å². The van der Waals surface area contributed by atoms with Crippen molar-refractivity contribution >= 4 is 5.96 Å². The lowest BCUT2D eigenvalue weighted by Crippen LogP contribution is -2.49. The van der Waals surface area contributed by atoms with Crippen molar-refractivity contribution in [2.45, 2.75) is 52.5 Å². The van der Waals surface area contributed by atoms with Crippen LogP contribution < -0.4 is 11.5 Å². The lowest BCUT2D eigenvalue weighted by molar-refractivity contribution is 0.0559. The molecule has 1 fully saturated rings. The molecule has 0 aromatic carbocycles. The zero-order chi connectivity index (χ0) is 11.0. The fraction of sp³-hybridized carbons (Fsp3) is 0.909. The largest absolute Gasteiger partial charge is 0.370 e. The maximum absolute atomic E-state index is 5.50. The van der Waals surface area contributed by atoms with Gasteiger partial charge in [-0.2, -0.15) is 0 Å². The Labute approximate surface area is 87.0 Å². The topological polar surface area (TPSA) is 64.4 Å². The van der Waals surface area contributed by atoms with Gasteiger partial charge in [-0.1, -0.05) is 33.6 Å². The molecule has 3 nitrogen and oxygen atoms in total. The number of aliphatic imine (C=N–C) groups is 1. The monoisotopic (exact) mass is 197 g/mol. The summed E-state index contributed by atoms with van der Waals surface area (Å²) in [6.45, 7) is 8.99. The minimum Gasteiger partial charge on any atom is -0.370 e. The van der Waals surface area contributed by atoms with Gasteiger partial charge in [-0.15, -0.1) is 0 Å². The van der Waals surface area contributed by atoms with Crippen LogP contribution in [0, 0.1) is 11.3 Å². The van der Waals surface area contributed by atoms with E-state index in [0.29, 0.717) is 5.92 Å². The maximum atomic E-state index is 5.50. The molecule has 1 aliphatic rings. The summed E-state index contributed by atoms with van der Waals surface area (Å²) in [5, 5.41) is 0. The highest BCUT2D eigenvalue weighted by atomic mass is 15.0. The maximum Gasteiger partial charge on any atom is 0.186 e. The zero-order valence-electron chi connectivity index (χ0n) is 9.80. The van der Waals surface area contributed by atoms with E-state index < -0.39 is 0 Å². The van der Waals surface area contributed by atoms with E-state index in [-0.39, 0.29) is 16.9 Å².